The number of hydrogen-bond donors (Lipinski definition) is 2. The molecule has 27 heavy (non-hydrogen) atoms. The fourth-order valence-corrected chi connectivity index (χ4v) is 2.32. The Hall–Kier alpha value is -1.89. The third-order valence-corrected chi connectivity index (χ3v) is 4.00. The van der Waals surface area contributed by atoms with Crippen LogP contribution in [0, 0.1) is 5.41 Å². The van der Waals surface area contributed by atoms with Gasteiger partial charge in [-0.05, 0) is 31.1 Å². The molecule has 0 aliphatic carbocycles. The molecule has 1 atom stereocenters. The van der Waals surface area contributed by atoms with Gasteiger partial charge in [0.2, 0.25) is 18.2 Å². The molecule has 0 aliphatic heterocycles. The molecule has 156 valence electrons. The molecule has 0 rings (SSSR count). The van der Waals surface area contributed by atoms with E-state index in [1.807, 2.05) is 33.8 Å². The van der Waals surface area contributed by atoms with E-state index < -0.39 is 11.5 Å². The number of allylic oxidation sites excluding steroid dienone is 1. The van der Waals surface area contributed by atoms with E-state index in [0.29, 0.717) is 19.6 Å². The number of nitrogens with zero attached hydrogens (tertiary/aromatic N) is 1. The molecule has 7 nitrogen and oxygen atoms in total. The zero-order valence-corrected chi connectivity index (χ0v) is 17.4. The summed E-state index contributed by atoms with van der Waals surface area (Å²) >= 11 is 0. The summed E-state index contributed by atoms with van der Waals surface area (Å²) in [5.41, 5.74) is -0.428. The van der Waals surface area contributed by atoms with Crippen LogP contribution in [0.5, 0.6) is 0 Å². The summed E-state index contributed by atoms with van der Waals surface area (Å²) in [5, 5.41) is 6.80. The summed E-state index contributed by atoms with van der Waals surface area (Å²) in [5.74, 6) is -0.483. The maximum atomic E-state index is 12.5. The number of amides is 3. The van der Waals surface area contributed by atoms with Crippen LogP contribution in [0.15, 0.2) is 12.7 Å². The van der Waals surface area contributed by atoms with Crippen molar-refractivity contribution in [1.82, 2.24) is 15.7 Å². The van der Waals surface area contributed by atoms with Crippen molar-refractivity contribution < 1.29 is 19.2 Å². The van der Waals surface area contributed by atoms with Gasteiger partial charge in [-0.15, -0.1) is 6.58 Å². The Labute approximate surface area is 163 Å². The number of hydroxylamine groups is 2. The Morgan fingerprint density at radius 3 is 2.48 bits per heavy atom. The number of carbonyl (C=O) groups is 3. The highest BCUT2D eigenvalue weighted by molar-refractivity contribution is 5.88. The van der Waals surface area contributed by atoms with Crippen LogP contribution < -0.4 is 10.6 Å². The lowest BCUT2D eigenvalue weighted by atomic mass is 9.86. The first kappa shape index (κ1) is 25.1. The molecule has 0 aromatic carbocycles. The Morgan fingerprint density at radius 1 is 1.22 bits per heavy atom. The van der Waals surface area contributed by atoms with E-state index >= 15 is 0 Å². The number of carbonyl (C=O) groups excluding carboxylic acids is 3. The van der Waals surface area contributed by atoms with E-state index in [4.69, 9.17) is 4.84 Å². The van der Waals surface area contributed by atoms with Crippen molar-refractivity contribution in [1.29, 1.82) is 0 Å². The molecule has 0 fully saturated rings. The van der Waals surface area contributed by atoms with Crippen LogP contribution in [-0.4, -0.2) is 49.0 Å². The summed E-state index contributed by atoms with van der Waals surface area (Å²) in [6.45, 7) is 12.6. The zero-order valence-electron chi connectivity index (χ0n) is 17.4. The highest BCUT2D eigenvalue weighted by Crippen LogP contribution is 2.19. The van der Waals surface area contributed by atoms with Crippen LogP contribution in [0.4, 0.5) is 0 Å². The molecular weight excluding hydrogens is 346 g/mol. The molecule has 2 N–H and O–H groups in total. The van der Waals surface area contributed by atoms with Gasteiger partial charge in [0, 0.05) is 13.0 Å². The fourth-order valence-electron chi connectivity index (χ4n) is 2.32. The third-order valence-electron chi connectivity index (χ3n) is 4.00. The molecule has 0 spiro atoms. The van der Waals surface area contributed by atoms with E-state index in [0.717, 1.165) is 37.2 Å². The van der Waals surface area contributed by atoms with Crippen molar-refractivity contribution in [3.8, 4) is 0 Å². The molecule has 0 saturated heterocycles. The van der Waals surface area contributed by atoms with Gasteiger partial charge in [-0.3, -0.25) is 19.2 Å². The maximum Gasteiger partial charge on any atom is 0.243 e. The van der Waals surface area contributed by atoms with Crippen LogP contribution in [0.2, 0.25) is 0 Å². The van der Waals surface area contributed by atoms with Crippen molar-refractivity contribution in [3.63, 3.8) is 0 Å². The zero-order chi connectivity index (χ0) is 20.7. The van der Waals surface area contributed by atoms with Crippen LogP contribution in [0.25, 0.3) is 0 Å². The van der Waals surface area contributed by atoms with Gasteiger partial charge in [0.25, 0.3) is 0 Å². The Morgan fingerprint density at radius 2 is 1.93 bits per heavy atom. The first-order chi connectivity index (χ1) is 12.8. The van der Waals surface area contributed by atoms with Gasteiger partial charge in [0.15, 0.2) is 0 Å². The molecule has 0 aliphatic rings. The molecule has 3 amide bonds. The van der Waals surface area contributed by atoms with Gasteiger partial charge in [0.05, 0.1) is 13.2 Å². The molecular formula is C20H37N3O4. The standard InChI is InChI=1S/C20H37N3O4/c1-6-8-10-11-13-21-19(26)18(20(3,4)5)22-17(25)12-14-23(16-24)27-15-9-7-2/h6,16,18H,1,7-15H2,2-5H3,(H,21,26)(H,22,25). The monoisotopic (exact) mass is 383 g/mol. The first-order valence-electron chi connectivity index (χ1n) is 9.79. The van der Waals surface area contributed by atoms with Crippen LogP contribution in [0.1, 0.15) is 66.2 Å². The predicted molar refractivity (Wildman–Crippen MR) is 107 cm³/mol. The lowest BCUT2D eigenvalue weighted by molar-refractivity contribution is -0.173. The lowest BCUT2D eigenvalue weighted by Gasteiger charge is -2.30. The van der Waals surface area contributed by atoms with Crippen LogP contribution in [0.3, 0.4) is 0 Å². The van der Waals surface area contributed by atoms with Gasteiger partial charge in [-0.25, -0.2) is 5.06 Å². The second kappa shape index (κ2) is 14.2. The van der Waals surface area contributed by atoms with E-state index in [-0.39, 0.29) is 24.8 Å². The van der Waals surface area contributed by atoms with Crippen molar-refractivity contribution in [3.05, 3.63) is 12.7 Å². The summed E-state index contributed by atoms with van der Waals surface area (Å²) in [7, 11) is 0. The normalized spacial score (nSPS) is 12.1. The van der Waals surface area contributed by atoms with Crippen molar-refractivity contribution >= 4 is 18.2 Å². The third kappa shape index (κ3) is 12.2. The Balaban J connectivity index is 4.49. The van der Waals surface area contributed by atoms with Gasteiger partial charge >= 0.3 is 0 Å². The minimum atomic E-state index is -0.643. The summed E-state index contributed by atoms with van der Waals surface area (Å²) in [4.78, 5) is 41.0. The number of rotatable bonds is 15. The quantitative estimate of drug-likeness (QED) is 0.197. The van der Waals surface area contributed by atoms with Crippen molar-refractivity contribution in [2.45, 2.75) is 72.3 Å². The van der Waals surface area contributed by atoms with Gasteiger partial charge in [0.1, 0.15) is 6.04 Å². The number of nitrogens with one attached hydrogen (secondary N) is 2. The number of unbranched alkanes of at least 4 members (excludes halogenated alkanes) is 3. The molecule has 0 radical (unpaired) electrons. The van der Waals surface area contributed by atoms with Crippen molar-refractivity contribution in [2.24, 2.45) is 5.41 Å². The topological polar surface area (TPSA) is 87.7 Å². The molecule has 0 saturated carbocycles. The fraction of sp³-hybridized carbons (Fsp3) is 0.750. The smallest absolute Gasteiger partial charge is 0.243 e. The minimum absolute atomic E-state index is 0.0735. The van der Waals surface area contributed by atoms with E-state index in [1.54, 1.807) is 0 Å². The summed E-state index contributed by atoms with van der Waals surface area (Å²) < 4.78 is 0. The molecule has 0 heterocycles. The first-order valence-corrected chi connectivity index (χ1v) is 9.79. The molecule has 0 aromatic rings. The molecule has 0 aromatic heterocycles. The molecule has 0 bridgehead atoms. The van der Waals surface area contributed by atoms with Crippen molar-refractivity contribution in [2.75, 3.05) is 19.7 Å². The Bertz CT molecular complexity index is 461. The highest BCUT2D eigenvalue weighted by atomic mass is 16.7. The van der Waals surface area contributed by atoms with Gasteiger partial charge in [-0.2, -0.15) is 0 Å². The lowest BCUT2D eigenvalue weighted by Crippen LogP contribution is -2.54. The predicted octanol–water partition coefficient (Wildman–Crippen LogP) is 2.57. The highest BCUT2D eigenvalue weighted by Gasteiger charge is 2.32. The second-order valence-electron chi connectivity index (χ2n) is 7.62. The summed E-state index contributed by atoms with van der Waals surface area (Å²) in [6.07, 6.45) is 7.06. The largest absolute Gasteiger partial charge is 0.354 e. The van der Waals surface area contributed by atoms with Gasteiger partial charge < -0.3 is 10.6 Å². The van der Waals surface area contributed by atoms with E-state index in [1.165, 1.54) is 0 Å². The SMILES string of the molecule is C=CCCCCNC(=O)C(NC(=O)CCN(C=O)OCCCC)C(C)(C)C. The second-order valence-corrected chi connectivity index (χ2v) is 7.62. The Kier molecular flexibility index (Phi) is 13.2. The summed E-state index contributed by atoms with van der Waals surface area (Å²) in [6, 6.07) is -0.643. The van der Waals surface area contributed by atoms with Crippen LogP contribution in [-0.2, 0) is 19.2 Å². The van der Waals surface area contributed by atoms with E-state index in [2.05, 4.69) is 17.2 Å². The maximum absolute atomic E-state index is 12.5. The molecule has 1 unspecified atom stereocenters. The van der Waals surface area contributed by atoms with Gasteiger partial charge in [-0.1, -0.05) is 40.2 Å². The average Bonchev–Trinajstić information content (AvgIpc) is 2.61. The van der Waals surface area contributed by atoms with Crippen LogP contribution >= 0.6 is 0 Å². The average molecular weight is 384 g/mol. The van der Waals surface area contributed by atoms with E-state index in [9.17, 15) is 14.4 Å². The molecule has 7 heteroatoms. The number of hydrogen-bond acceptors (Lipinski definition) is 4. The minimum Gasteiger partial charge on any atom is -0.354 e.